The van der Waals surface area contributed by atoms with Crippen molar-refractivity contribution in [3.05, 3.63) is 22.4 Å². The maximum atomic E-state index is 12.0. The molecule has 2 saturated carbocycles. The maximum Gasteiger partial charge on any atom is 0.176 e. The summed E-state index contributed by atoms with van der Waals surface area (Å²) in [4.78, 5) is 13.0. The van der Waals surface area contributed by atoms with Crippen LogP contribution in [-0.2, 0) is 0 Å². The van der Waals surface area contributed by atoms with Crippen LogP contribution in [0.25, 0.3) is 0 Å². The molecule has 2 fully saturated rings. The van der Waals surface area contributed by atoms with Crippen molar-refractivity contribution in [1.82, 2.24) is 0 Å². The average Bonchev–Trinajstić information content (AvgIpc) is 2.70. The van der Waals surface area contributed by atoms with Crippen LogP contribution in [-0.4, -0.2) is 5.78 Å². The second kappa shape index (κ2) is 3.20. The van der Waals surface area contributed by atoms with E-state index in [-0.39, 0.29) is 0 Å². The minimum atomic E-state index is 0.399. The van der Waals surface area contributed by atoms with Crippen molar-refractivity contribution in [2.24, 2.45) is 17.8 Å². The molecule has 0 N–H and O–H groups in total. The van der Waals surface area contributed by atoms with Crippen molar-refractivity contribution in [3.63, 3.8) is 0 Å². The van der Waals surface area contributed by atoms with E-state index in [9.17, 15) is 4.79 Å². The highest BCUT2D eigenvalue weighted by atomic mass is 32.1. The van der Waals surface area contributed by atoms with Crippen molar-refractivity contribution in [2.45, 2.75) is 25.7 Å². The normalized spacial score (nSPS) is 35.0. The van der Waals surface area contributed by atoms with Gasteiger partial charge in [-0.15, -0.1) is 11.3 Å². The van der Waals surface area contributed by atoms with Crippen molar-refractivity contribution < 1.29 is 4.79 Å². The molecule has 2 unspecified atom stereocenters. The van der Waals surface area contributed by atoms with Gasteiger partial charge < -0.3 is 0 Å². The first-order valence-electron chi connectivity index (χ1n) is 5.45. The van der Waals surface area contributed by atoms with Crippen molar-refractivity contribution in [2.75, 3.05) is 0 Å². The first kappa shape index (κ1) is 8.66. The lowest BCUT2D eigenvalue weighted by atomic mass is 10.0. The number of thiophene rings is 1. The van der Waals surface area contributed by atoms with Crippen LogP contribution in [0.2, 0.25) is 0 Å². The molecule has 1 heterocycles. The zero-order valence-corrected chi connectivity index (χ0v) is 8.93. The molecule has 2 aliphatic rings. The molecule has 0 spiro atoms. The van der Waals surface area contributed by atoms with Crippen LogP contribution in [0.15, 0.2) is 17.5 Å². The first-order chi connectivity index (χ1) is 6.88. The molecule has 0 bridgehead atoms. The molecule has 0 aliphatic heterocycles. The monoisotopic (exact) mass is 206 g/mol. The van der Waals surface area contributed by atoms with Gasteiger partial charge >= 0.3 is 0 Å². The number of carbonyl (C=O) groups excluding carboxylic acids is 1. The van der Waals surface area contributed by atoms with E-state index in [0.717, 1.165) is 16.7 Å². The topological polar surface area (TPSA) is 17.1 Å². The number of fused-ring (bicyclic) bond motifs is 1. The molecular formula is C12H14OS. The Morgan fingerprint density at radius 3 is 2.57 bits per heavy atom. The zero-order chi connectivity index (χ0) is 9.54. The molecule has 1 aromatic rings. The quantitative estimate of drug-likeness (QED) is 0.678. The second-order valence-corrected chi connectivity index (χ2v) is 5.43. The third-order valence-electron chi connectivity index (χ3n) is 3.72. The highest BCUT2D eigenvalue weighted by Gasteiger charge is 2.54. The van der Waals surface area contributed by atoms with Crippen LogP contribution in [0.3, 0.4) is 0 Å². The fourth-order valence-electron chi connectivity index (χ4n) is 2.96. The summed E-state index contributed by atoms with van der Waals surface area (Å²) in [7, 11) is 0. The molecule has 1 nitrogen and oxygen atoms in total. The third kappa shape index (κ3) is 1.24. The number of ketones is 1. The molecule has 0 saturated heterocycles. The van der Waals surface area contributed by atoms with Gasteiger partial charge in [-0.25, -0.2) is 0 Å². The summed E-state index contributed by atoms with van der Waals surface area (Å²) in [5.74, 6) is 2.32. The Bertz CT molecular complexity index is 329. The van der Waals surface area contributed by atoms with Crippen LogP contribution < -0.4 is 0 Å². The van der Waals surface area contributed by atoms with Gasteiger partial charge in [0.05, 0.1) is 4.88 Å². The minimum Gasteiger partial charge on any atom is -0.293 e. The van der Waals surface area contributed by atoms with Gasteiger partial charge in [-0.2, -0.15) is 0 Å². The SMILES string of the molecule is O=C(c1cccs1)C1C2CCCCC21. The van der Waals surface area contributed by atoms with E-state index in [4.69, 9.17) is 0 Å². The van der Waals surface area contributed by atoms with Gasteiger partial charge in [0, 0.05) is 5.92 Å². The van der Waals surface area contributed by atoms with Gasteiger partial charge in [0.1, 0.15) is 0 Å². The van der Waals surface area contributed by atoms with Crippen LogP contribution >= 0.6 is 11.3 Å². The van der Waals surface area contributed by atoms with Gasteiger partial charge in [0.2, 0.25) is 0 Å². The van der Waals surface area contributed by atoms with Crippen LogP contribution in [0.1, 0.15) is 35.4 Å². The van der Waals surface area contributed by atoms with E-state index in [0.29, 0.717) is 11.7 Å². The number of hydrogen-bond acceptors (Lipinski definition) is 2. The Balaban J connectivity index is 1.76. The smallest absolute Gasteiger partial charge is 0.176 e. The molecule has 14 heavy (non-hydrogen) atoms. The predicted octanol–water partition coefficient (Wildman–Crippen LogP) is 3.37. The largest absolute Gasteiger partial charge is 0.293 e. The number of hydrogen-bond donors (Lipinski definition) is 0. The molecule has 1 aromatic heterocycles. The Kier molecular flexibility index (Phi) is 1.98. The molecule has 0 aromatic carbocycles. The minimum absolute atomic E-state index is 0.399. The predicted molar refractivity (Wildman–Crippen MR) is 57.6 cm³/mol. The Labute approximate surface area is 88.1 Å². The lowest BCUT2D eigenvalue weighted by Gasteiger charge is -2.04. The van der Waals surface area contributed by atoms with Gasteiger partial charge in [0.25, 0.3) is 0 Å². The van der Waals surface area contributed by atoms with E-state index in [1.54, 1.807) is 11.3 Å². The molecule has 0 amide bonds. The van der Waals surface area contributed by atoms with Crippen LogP contribution in [0, 0.1) is 17.8 Å². The van der Waals surface area contributed by atoms with Crippen molar-refractivity contribution in [3.8, 4) is 0 Å². The summed E-state index contributed by atoms with van der Waals surface area (Å²) < 4.78 is 0. The van der Waals surface area contributed by atoms with Crippen LogP contribution in [0.5, 0.6) is 0 Å². The second-order valence-electron chi connectivity index (χ2n) is 4.48. The Morgan fingerprint density at radius 1 is 1.29 bits per heavy atom. The molecule has 3 rings (SSSR count). The highest BCUT2D eigenvalue weighted by Crippen LogP contribution is 2.56. The van der Waals surface area contributed by atoms with E-state index in [1.807, 2.05) is 17.5 Å². The molecule has 0 radical (unpaired) electrons. The number of rotatable bonds is 2. The molecule has 74 valence electrons. The van der Waals surface area contributed by atoms with E-state index in [2.05, 4.69) is 0 Å². The fraction of sp³-hybridized carbons (Fsp3) is 0.583. The summed E-state index contributed by atoms with van der Waals surface area (Å²) in [6.45, 7) is 0. The van der Waals surface area contributed by atoms with Crippen LogP contribution in [0.4, 0.5) is 0 Å². The Morgan fingerprint density at radius 2 is 2.00 bits per heavy atom. The molecule has 2 atom stereocenters. The highest BCUT2D eigenvalue weighted by molar-refractivity contribution is 7.12. The average molecular weight is 206 g/mol. The standard InChI is InChI=1S/C12H14OS/c13-12(10-6-3-7-14-10)11-8-4-1-2-5-9(8)11/h3,6-9,11H,1-2,4-5H2. The molecule has 2 aliphatic carbocycles. The van der Waals surface area contributed by atoms with E-state index < -0.39 is 0 Å². The summed E-state index contributed by atoms with van der Waals surface area (Å²) in [5.41, 5.74) is 0. The molecular weight excluding hydrogens is 192 g/mol. The molecule has 2 heteroatoms. The fourth-order valence-corrected chi connectivity index (χ4v) is 3.68. The lowest BCUT2D eigenvalue weighted by Crippen LogP contribution is -2.01. The number of Topliss-reactive ketones (excluding diaryl/α,β-unsaturated/α-hetero) is 1. The van der Waals surface area contributed by atoms with Gasteiger partial charge in [-0.05, 0) is 36.1 Å². The van der Waals surface area contributed by atoms with Crippen molar-refractivity contribution in [1.29, 1.82) is 0 Å². The van der Waals surface area contributed by atoms with E-state index >= 15 is 0 Å². The number of carbonyl (C=O) groups is 1. The van der Waals surface area contributed by atoms with Gasteiger partial charge in [0.15, 0.2) is 5.78 Å². The van der Waals surface area contributed by atoms with E-state index in [1.165, 1.54) is 25.7 Å². The van der Waals surface area contributed by atoms with Crippen molar-refractivity contribution >= 4 is 17.1 Å². The van der Waals surface area contributed by atoms with Gasteiger partial charge in [-0.3, -0.25) is 4.79 Å². The third-order valence-corrected chi connectivity index (χ3v) is 4.61. The summed E-state index contributed by atoms with van der Waals surface area (Å²) in [6, 6.07) is 3.95. The zero-order valence-electron chi connectivity index (χ0n) is 8.11. The summed E-state index contributed by atoms with van der Waals surface area (Å²) in [6.07, 6.45) is 5.28. The summed E-state index contributed by atoms with van der Waals surface area (Å²) in [5, 5.41) is 2.00. The Hall–Kier alpha value is -0.630. The first-order valence-corrected chi connectivity index (χ1v) is 6.33. The maximum absolute atomic E-state index is 12.0. The lowest BCUT2D eigenvalue weighted by molar-refractivity contribution is 0.0960. The van der Waals surface area contributed by atoms with Gasteiger partial charge in [-0.1, -0.05) is 18.9 Å². The summed E-state index contributed by atoms with van der Waals surface area (Å²) >= 11 is 1.60.